The predicted octanol–water partition coefficient (Wildman–Crippen LogP) is 1.19. The van der Waals surface area contributed by atoms with Gasteiger partial charge < -0.3 is 10.4 Å². The van der Waals surface area contributed by atoms with E-state index in [-0.39, 0.29) is 12.5 Å². The van der Waals surface area contributed by atoms with Crippen LogP contribution in [0.25, 0.3) is 6.08 Å². The number of aromatic nitrogens is 2. The first kappa shape index (κ1) is 14.3. The van der Waals surface area contributed by atoms with Crippen molar-refractivity contribution in [1.29, 1.82) is 0 Å². The number of carbonyl (C=O) groups is 2. The lowest BCUT2D eigenvalue weighted by Gasteiger charge is -2.23. The minimum absolute atomic E-state index is 0.193. The number of aliphatic carboxylic acids is 1. The normalized spacial score (nSPS) is 17.4. The van der Waals surface area contributed by atoms with E-state index in [1.54, 1.807) is 30.2 Å². The molecule has 0 unspecified atom stereocenters. The van der Waals surface area contributed by atoms with E-state index in [2.05, 4.69) is 10.4 Å². The summed E-state index contributed by atoms with van der Waals surface area (Å²) in [6.07, 6.45) is 9.59. The van der Waals surface area contributed by atoms with Gasteiger partial charge in [0, 0.05) is 31.4 Å². The lowest BCUT2D eigenvalue weighted by molar-refractivity contribution is -0.148. The highest BCUT2D eigenvalue weighted by Crippen LogP contribution is 2.37. The maximum Gasteiger partial charge on any atom is 0.311 e. The van der Waals surface area contributed by atoms with Gasteiger partial charge >= 0.3 is 5.97 Å². The van der Waals surface area contributed by atoms with Crippen molar-refractivity contribution in [3.05, 3.63) is 24.0 Å². The van der Waals surface area contributed by atoms with Gasteiger partial charge in [0.25, 0.3) is 0 Å². The molecule has 1 amide bonds. The van der Waals surface area contributed by atoms with Gasteiger partial charge in [0.2, 0.25) is 5.91 Å². The Morgan fingerprint density at radius 2 is 2.20 bits per heavy atom. The van der Waals surface area contributed by atoms with E-state index in [9.17, 15) is 14.7 Å². The van der Waals surface area contributed by atoms with Gasteiger partial charge in [0.05, 0.1) is 11.6 Å². The zero-order valence-corrected chi connectivity index (χ0v) is 11.5. The predicted molar refractivity (Wildman–Crippen MR) is 73.8 cm³/mol. The van der Waals surface area contributed by atoms with E-state index in [4.69, 9.17) is 0 Å². The van der Waals surface area contributed by atoms with Crippen LogP contribution in [0.15, 0.2) is 18.5 Å². The van der Waals surface area contributed by atoms with E-state index >= 15 is 0 Å². The molecule has 1 aromatic heterocycles. The molecule has 0 saturated heterocycles. The van der Waals surface area contributed by atoms with Crippen molar-refractivity contribution in [2.24, 2.45) is 12.5 Å². The Labute approximate surface area is 117 Å². The van der Waals surface area contributed by atoms with Gasteiger partial charge in [-0.1, -0.05) is 12.8 Å². The topological polar surface area (TPSA) is 84.2 Å². The molecule has 6 heteroatoms. The van der Waals surface area contributed by atoms with Gasteiger partial charge in [-0.15, -0.1) is 0 Å². The molecule has 108 valence electrons. The fourth-order valence-electron chi connectivity index (χ4n) is 2.53. The third kappa shape index (κ3) is 3.26. The van der Waals surface area contributed by atoms with Crippen molar-refractivity contribution in [3.63, 3.8) is 0 Å². The van der Waals surface area contributed by atoms with Crippen LogP contribution in [0.2, 0.25) is 0 Å². The minimum Gasteiger partial charge on any atom is -0.481 e. The molecule has 1 aliphatic rings. The number of carboxylic acid groups (broad SMARTS) is 1. The molecule has 2 rings (SSSR count). The summed E-state index contributed by atoms with van der Waals surface area (Å²) in [6, 6.07) is 0. The molecule has 1 fully saturated rings. The van der Waals surface area contributed by atoms with E-state index in [1.165, 1.54) is 6.08 Å². The van der Waals surface area contributed by atoms with Crippen LogP contribution in [-0.4, -0.2) is 33.3 Å². The summed E-state index contributed by atoms with van der Waals surface area (Å²) in [5.41, 5.74) is 0.0501. The Hall–Kier alpha value is -2.11. The van der Waals surface area contributed by atoms with Crippen molar-refractivity contribution in [2.45, 2.75) is 25.7 Å². The number of hydrogen-bond acceptors (Lipinski definition) is 3. The van der Waals surface area contributed by atoms with Crippen LogP contribution in [0.3, 0.4) is 0 Å². The molecule has 1 aliphatic carbocycles. The Morgan fingerprint density at radius 1 is 1.50 bits per heavy atom. The molecule has 0 radical (unpaired) electrons. The first-order chi connectivity index (χ1) is 9.52. The first-order valence-electron chi connectivity index (χ1n) is 6.70. The summed E-state index contributed by atoms with van der Waals surface area (Å²) in [5, 5.41) is 16.0. The highest BCUT2D eigenvalue weighted by atomic mass is 16.4. The largest absolute Gasteiger partial charge is 0.481 e. The fourth-order valence-corrected chi connectivity index (χ4v) is 2.53. The van der Waals surface area contributed by atoms with Gasteiger partial charge in [-0.05, 0) is 18.9 Å². The Kier molecular flexibility index (Phi) is 4.22. The SMILES string of the molecule is Cn1cc(/C=C/C(=O)NCC2(C(=O)O)CCCC2)cn1. The summed E-state index contributed by atoms with van der Waals surface area (Å²) in [7, 11) is 1.80. The molecular weight excluding hydrogens is 258 g/mol. The molecule has 0 aliphatic heterocycles. The maximum absolute atomic E-state index is 11.7. The van der Waals surface area contributed by atoms with Gasteiger partial charge in [-0.2, -0.15) is 5.10 Å². The minimum atomic E-state index is -0.813. The second-order valence-corrected chi connectivity index (χ2v) is 5.29. The lowest BCUT2D eigenvalue weighted by Crippen LogP contribution is -2.40. The molecular formula is C14H19N3O3. The molecule has 0 spiro atoms. The van der Waals surface area contributed by atoms with Crippen molar-refractivity contribution >= 4 is 18.0 Å². The molecule has 1 saturated carbocycles. The van der Waals surface area contributed by atoms with Crippen molar-refractivity contribution in [3.8, 4) is 0 Å². The van der Waals surface area contributed by atoms with E-state index in [0.717, 1.165) is 18.4 Å². The third-order valence-electron chi connectivity index (χ3n) is 3.77. The third-order valence-corrected chi connectivity index (χ3v) is 3.77. The molecule has 0 bridgehead atoms. The number of aryl methyl sites for hydroxylation is 1. The zero-order chi connectivity index (χ0) is 14.6. The molecule has 1 aromatic rings. The van der Waals surface area contributed by atoms with E-state index in [0.29, 0.717) is 12.8 Å². The van der Waals surface area contributed by atoms with Crippen LogP contribution in [0.4, 0.5) is 0 Å². The van der Waals surface area contributed by atoms with Crippen LogP contribution in [0, 0.1) is 5.41 Å². The van der Waals surface area contributed by atoms with Crippen LogP contribution in [-0.2, 0) is 16.6 Å². The quantitative estimate of drug-likeness (QED) is 0.792. The number of nitrogens with one attached hydrogen (secondary N) is 1. The van der Waals surface area contributed by atoms with Crippen molar-refractivity contribution in [2.75, 3.05) is 6.54 Å². The van der Waals surface area contributed by atoms with Gasteiger partial charge in [-0.3, -0.25) is 14.3 Å². The number of nitrogens with zero attached hydrogens (tertiary/aromatic N) is 2. The summed E-state index contributed by atoms with van der Waals surface area (Å²) in [6.45, 7) is 0.193. The summed E-state index contributed by atoms with van der Waals surface area (Å²) in [5.74, 6) is -1.09. The molecule has 20 heavy (non-hydrogen) atoms. The molecule has 1 heterocycles. The fraction of sp³-hybridized carbons (Fsp3) is 0.500. The molecule has 0 atom stereocenters. The highest BCUT2D eigenvalue weighted by molar-refractivity contribution is 5.92. The Morgan fingerprint density at radius 3 is 2.75 bits per heavy atom. The monoisotopic (exact) mass is 277 g/mol. The number of rotatable bonds is 5. The van der Waals surface area contributed by atoms with Gasteiger partial charge in [0.15, 0.2) is 0 Å². The molecule has 0 aromatic carbocycles. The summed E-state index contributed by atoms with van der Waals surface area (Å²) in [4.78, 5) is 23.1. The molecule has 6 nitrogen and oxygen atoms in total. The van der Waals surface area contributed by atoms with Crippen LogP contribution in [0.5, 0.6) is 0 Å². The average Bonchev–Trinajstić information content (AvgIpc) is 3.03. The second-order valence-electron chi connectivity index (χ2n) is 5.29. The first-order valence-corrected chi connectivity index (χ1v) is 6.70. The second kappa shape index (κ2) is 5.90. The Bertz CT molecular complexity index is 528. The number of hydrogen-bond donors (Lipinski definition) is 2. The number of amides is 1. The van der Waals surface area contributed by atoms with Gasteiger partial charge in [0.1, 0.15) is 0 Å². The average molecular weight is 277 g/mol. The van der Waals surface area contributed by atoms with Crippen LogP contribution < -0.4 is 5.32 Å². The van der Waals surface area contributed by atoms with Crippen molar-refractivity contribution < 1.29 is 14.7 Å². The smallest absolute Gasteiger partial charge is 0.311 e. The summed E-state index contributed by atoms with van der Waals surface area (Å²) >= 11 is 0. The number of carbonyl (C=O) groups excluding carboxylic acids is 1. The van der Waals surface area contributed by atoms with E-state index in [1.807, 2.05) is 0 Å². The van der Waals surface area contributed by atoms with Crippen LogP contribution >= 0.6 is 0 Å². The molecule has 2 N–H and O–H groups in total. The van der Waals surface area contributed by atoms with Gasteiger partial charge in [-0.25, -0.2) is 0 Å². The standard InChI is InChI=1S/C14H19N3O3/c1-17-9-11(8-16-17)4-5-12(18)15-10-14(13(19)20)6-2-3-7-14/h4-5,8-9H,2-3,6-7,10H2,1H3,(H,15,18)(H,19,20)/b5-4+. The summed E-state index contributed by atoms with van der Waals surface area (Å²) < 4.78 is 1.65. The lowest BCUT2D eigenvalue weighted by atomic mass is 9.86. The number of carboxylic acids is 1. The highest BCUT2D eigenvalue weighted by Gasteiger charge is 2.41. The maximum atomic E-state index is 11.7. The Balaban J connectivity index is 1.88. The zero-order valence-electron chi connectivity index (χ0n) is 11.5. The van der Waals surface area contributed by atoms with Crippen molar-refractivity contribution in [1.82, 2.24) is 15.1 Å². The van der Waals surface area contributed by atoms with Crippen LogP contribution in [0.1, 0.15) is 31.2 Å². The van der Waals surface area contributed by atoms with E-state index < -0.39 is 11.4 Å².